The molecule has 10 heteroatoms. The first-order valence-electron chi connectivity index (χ1n) is 11.0. The Balaban J connectivity index is 1.40. The second kappa shape index (κ2) is 9.71. The van der Waals surface area contributed by atoms with Gasteiger partial charge in [0.2, 0.25) is 0 Å². The summed E-state index contributed by atoms with van der Waals surface area (Å²) in [6, 6.07) is 16.8. The summed E-state index contributed by atoms with van der Waals surface area (Å²) in [5.74, 6) is -1.38. The van der Waals surface area contributed by atoms with Crippen molar-refractivity contribution in [3.8, 4) is 17.2 Å². The van der Waals surface area contributed by atoms with Gasteiger partial charge in [0.05, 0.1) is 23.2 Å². The Bertz CT molecular complexity index is 1430. The highest BCUT2D eigenvalue weighted by atomic mass is 35.5. The van der Waals surface area contributed by atoms with Crippen molar-refractivity contribution in [3.63, 3.8) is 0 Å². The molecule has 0 saturated carbocycles. The summed E-state index contributed by atoms with van der Waals surface area (Å²) in [5, 5.41) is 16.4. The number of rotatable bonds is 6. The zero-order valence-electron chi connectivity index (χ0n) is 18.7. The van der Waals surface area contributed by atoms with Gasteiger partial charge in [-0.25, -0.2) is 4.39 Å². The van der Waals surface area contributed by atoms with E-state index in [4.69, 9.17) is 21.1 Å². The highest BCUT2D eigenvalue weighted by Gasteiger charge is 2.29. The summed E-state index contributed by atoms with van der Waals surface area (Å²) in [7, 11) is 0. The van der Waals surface area contributed by atoms with E-state index < -0.39 is 23.6 Å². The summed E-state index contributed by atoms with van der Waals surface area (Å²) in [4.78, 5) is 26.1. The van der Waals surface area contributed by atoms with E-state index in [1.54, 1.807) is 42.5 Å². The third-order valence-electron chi connectivity index (χ3n) is 5.74. The fraction of sp³-hybridized carbons (Fsp3) is 0.115. The lowest BCUT2D eigenvalue weighted by molar-refractivity contribution is -0.139. The van der Waals surface area contributed by atoms with E-state index in [0.717, 1.165) is 0 Å². The molecule has 0 fully saturated rings. The van der Waals surface area contributed by atoms with Crippen molar-refractivity contribution >= 4 is 35.0 Å². The molecule has 0 radical (unpaired) electrons. The van der Waals surface area contributed by atoms with Gasteiger partial charge in [-0.05, 0) is 48.9 Å². The number of carboxylic acids is 1. The van der Waals surface area contributed by atoms with Crippen molar-refractivity contribution in [1.29, 1.82) is 0 Å². The van der Waals surface area contributed by atoms with Crippen LogP contribution in [0, 0.1) is 5.82 Å². The number of aromatic amines is 1. The molecule has 182 valence electrons. The van der Waals surface area contributed by atoms with E-state index >= 15 is 0 Å². The number of carbonyl (C=O) groups is 2. The van der Waals surface area contributed by atoms with Crippen molar-refractivity contribution in [2.45, 2.75) is 12.3 Å². The number of nitrogens with one attached hydrogen (secondary N) is 1. The number of aromatic nitrogens is 2. The topological polar surface area (TPSA) is 105 Å². The number of amides is 1. The van der Waals surface area contributed by atoms with Gasteiger partial charge in [0.25, 0.3) is 5.91 Å². The van der Waals surface area contributed by atoms with E-state index in [1.165, 1.54) is 35.4 Å². The van der Waals surface area contributed by atoms with Gasteiger partial charge in [0.15, 0.2) is 5.82 Å². The molecule has 1 amide bonds. The Morgan fingerprint density at radius 2 is 1.92 bits per heavy atom. The number of carbonyl (C=O) groups excluding carboxylic acids is 1. The van der Waals surface area contributed by atoms with E-state index in [9.17, 15) is 19.1 Å². The van der Waals surface area contributed by atoms with E-state index in [0.29, 0.717) is 23.5 Å². The summed E-state index contributed by atoms with van der Waals surface area (Å²) in [5.41, 5.74) is 0.840. The molecule has 0 bridgehead atoms. The lowest BCUT2D eigenvalue weighted by atomic mass is 9.93. The fourth-order valence-electron chi connectivity index (χ4n) is 3.99. The maximum Gasteiger partial charge on any atom is 0.311 e. The van der Waals surface area contributed by atoms with Crippen LogP contribution in [-0.2, 0) is 4.79 Å². The number of nitrogens with zero attached hydrogens (tertiary/aromatic N) is 2. The molecule has 1 unspecified atom stereocenters. The first kappa shape index (κ1) is 23.4. The molecule has 1 aromatic heterocycles. The van der Waals surface area contributed by atoms with Gasteiger partial charge in [0.1, 0.15) is 23.1 Å². The van der Waals surface area contributed by atoms with Crippen LogP contribution in [-0.4, -0.2) is 33.8 Å². The number of para-hydroxylation sites is 1. The van der Waals surface area contributed by atoms with Crippen molar-refractivity contribution in [1.82, 2.24) is 10.2 Å². The van der Waals surface area contributed by atoms with Gasteiger partial charge in [-0.15, -0.1) is 0 Å². The second-order valence-corrected chi connectivity index (χ2v) is 8.41. The number of halogens is 2. The molecule has 2 N–H and O–H groups in total. The first-order chi connectivity index (χ1) is 17.4. The van der Waals surface area contributed by atoms with Crippen LogP contribution >= 0.6 is 11.6 Å². The third-order valence-corrected chi connectivity index (χ3v) is 6.04. The van der Waals surface area contributed by atoms with Crippen molar-refractivity contribution in [3.05, 3.63) is 94.9 Å². The molecule has 5 rings (SSSR count). The number of H-pyrrole nitrogens is 1. The molecule has 8 nitrogen and oxygen atoms in total. The number of hydrogen-bond donors (Lipinski definition) is 2. The number of benzene rings is 3. The van der Waals surface area contributed by atoms with Crippen LogP contribution in [0.2, 0.25) is 5.02 Å². The molecule has 1 aliphatic heterocycles. The van der Waals surface area contributed by atoms with Crippen LogP contribution in [0.3, 0.4) is 0 Å². The number of anilines is 2. The molecule has 1 atom stereocenters. The van der Waals surface area contributed by atoms with E-state index in [2.05, 4.69) is 10.2 Å². The van der Waals surface area contributed by atoms with Crippen LogP contribution in [0.5, 0.6) is 17.2 Å². The van der Waals surface area contributed by atoms with E-state index in [1.807, 2.05) is 0 Å². The first-order valence-corrected chi connectivity index (χ1v) is 11.4. The van der Waals surface area contributed by atoms with Crippen LogP contribution in [0.4, 0.5) is 15.9 Å². The molecule has 0 aliphatic carbocycles. The Kier molecular flexibility index (Phi) is 6.30. The zero-order chi connectivity index (χ0) is 25.2. The molecular weight excluding hydrogens is 489 g/mol. The normalized spacial score (nSPS) is 14.4. The van der Waals surface area contributed by atoms with Gasteiger partial charge in [-0.1, -0.05) is 23.7 Å². The monoisotopic (exact) mass is 507 g/mol. The van der Waals surface area contributed by atoms with Gasteiger partial charge < -0.3 is 14.6 Å². The summed E-state index contributed by atoms with van der Waals surface area (Å²) < 4.78 is 26.0. The summed E-state index contributed by atoms with van der Waals surface area (Å²) in [6.07, 6.45) is 1.90. The fourth-order valence-corrected chi connectivity index (χ4v) is 4.20. The smallest absolute Gasteiger partial charge is 0.311 e. The zero-order valence-corrected chi connectivity index (χ0v) is 19.4. The lowest BCUT2D eigenvalue weighted by Crippen LogP contribution is -2.27. The molecular formula is C26H19ClFN3O5. The van der Waals surface area contributed by atoms with Gasteiger partial charge in [-0.3, -0.25) is 19.6 Å². The maximum absolute atomic E-state index is 14.5. The molecule has 3 aromatic carbocycles. The van der Waals surface area contributed by atoms with Crippen molar-refractivity contribution in [2.75, 3.05) is 11.5 Å². The second-order valence-electron chi connectivity index (χ2n) is 8.00. The molecule has 0 saturated heterocycles. The Morgan fingerprint density at radius 3 is 2.61 bits per heavy atom. The Hall–Kier alpha value is -4.37. The average molecular weight is 508 g/mol. The SMILES string of the molecule is O=C(O)C1CCOc2cc(Oc3ccc(C(=O)N(c4cc[nH]n4)c4ccccc4F)cc3)c(Cl)cc21. The summed E-state index contributed by atoms with van der Waals surface area (Å²) in [6.45, 7) is 0.274. The quantitative estimate of drug-likeness (QED) is 0.335. The number of ether oxygens (including phenoxy) is 2. The highest BCUT2D eigenvalue weighted by molar-refractivity contribution is 6.32. The molecule has 4 aromatic rings. The highest BCUT2D eigenvalue weighted by Crippen LogP contribution is 2.42. The average Bonchev–Trinajstić information content (AvgIpc) is 3.40. The minimum Gasteiger partial charge on any atom is -0.493 e. The van der Waals surface area contributed by atoms with Crippen LogP contribution in [0.25, 0.3) is 0 Å². The lowest BCUT2D eigenvalue weighted by Gasteiger charge is -2.24. The van der Waals surface area contributed by atoms with Gasteiger partial charge in [-0.2, -0.15) is 5.10 Å². The Labute approximate surface area is 209 Å². The van der Waals surface area contributed by atoms with Gasteiger partial charge in [0, 0.05) is 29.5 Å². The number of hydrogen-bond acceptors (Lipinski definition) is 5. The molecule has 2 heterocycles. The standard InChI is InChI=1S/C26H19ClFN3O5/c27-19-13-18-17(26(33)34)10-12-35-22(18)14-23(19)36-16-7-5-15(6-8-16)25(32)31(24-9-11-29-30-24)21-4-2-1-3-20(21)28/h1-9,11,13-14,17H,10,12H2,(H,29,30)(H,33,34). The minimum absolute atomic E-state index is 0.0652. The third kappa shape index (κ3) is 4.48. The predicted octanol–water partition coefficient (Wildman–Crippen LogP) is 5.92. The molecule has 0 spiro atoms. The number of carboxylic acid groups (broad SMARTS) is 1. The predicted molar refractivity (Wildman–Crippen MR) is 130 cm³/mol. The Morgan fingerprint density at radius 1 is 1.14 bits per heavy atom. The van der Waals surface area contributed by atoms with Crippen molar-refractivity contribution in [2.24, 2.45) is 0 Å². The largest absolute Gasteiger partial charge is 0.493 e. The molecule has 1 aliphatic rings. The molecule has 36 heavy (non-hydrogen) atoms. The minimum atomic E-state index is -0.941. The summed E-state index contributed by atoms with van der Waals surface area (Å²) >= 11 is 6.36. The van der Waals surface area contributed by atoms with Crippen LogP contribution in [0.1, 0.15) is 28.3 Å². The maximum atomic E-state index is 14.5. The van der Waals surface area contributed by atoms with Crippen molar-refractivity contribution < 1.29 is 28.6 Å². The number of fused-ring (bicyclic) bond motifs is 1. The van der Waals surface area contributed by atoms with Gasteiger partial charge >= 0.3 is 5.97 Å². The van der Waals surface area contributed by atoms with E-state index in [-0.39, 0.29) is 34.4 Å². The number of aliphatic carboxylic acids is 1. The van der Waals surface area contributed by atoms with Crippen LogP contribution in [0.15, 0.2) is 72.9 Å². The van der Waals surface area contributed by atoms with Crippen LogP contribution < -0.4 is 14.4 Å².